The zero-order valence-electron chi connectivity index (χ0n) is 7.08. The van der Waals surface area contributed by atoms with Crippen LogP contribution >= 0.6 is 11.6 Å². The van der Waals surface area contributed by atoms with Crippen molar-refractivity contribution < 1.29 is 0 Å². The van der Waals surface area contributed by atoms with Gasteiger partial charge < -0.3 is 10.6 Å². The van der Waals surface area contributed by atoms with E-state index in [2.05, 4.69) is 9.97 Å². The first-order chi connectivity index (χ1) is 5.63. The predicted octanol–water partition coefficient (Wildman–Crippen LogP) is 0.864. The van der Waals surface area contributed by atoms with Crippen LogP contribution in [0.1, 0.15) is 5.69 Å². The smallest absolute Gasteiger partial charge is 0.222 e. The summed E-state index contributed by atoms with van der Waals surface area (Å²) >= 11 is 5.61. The molecule has 1 aromatic rings. The summed E-state index contributed by atoms with van der Waals surface area (Å²) < 4.78 is 0. The summed E-state index contributed by atoms with van der Waals surface area (Å²) in [5, 5.41) is 0. The number of rotatable bonds is 2. The van der Waals surface area contributed by atoms with Gasteiger partial charge >= 0.3 is 0 Å². The normalized spacial score (nSPS) is 9.92. The van der Waals surface area contributed by atoms with E-state index >= 15 is 0 Å². The van der Waals surface area contributed by atoms with Gasteiger partial charge in [0.25, 0.3) is 0 Å². The lowest BCUT2D eigenvalue weighted by Crippen LogP contribution is -2.13. The molecule has 0 spiro atoms. The molecule has 0 unspecified atom stereocenters. The Bertz CT molecular complexity index is 274. The fraction of sp³-hybridized carbons (Fsp3) is 0.429. The molecule has 66 valence electrons. The van der Waals surface area contributed by atoms with Crippen LogP contribution in [0.25, 0.3) is 0 Å². The van der Waals surface area contributed by atoms with E-state index in [0.717, 1.165) is 11.5 Å². The van der Waals surface area contributed by atoms with E-state index in [1.54, 1.807) is 0 Å². The lowest BCUT2D eigenvalue weighted by molar-refractivity contribution is 1.02. The average Bonchev–Trinajstić information content (AvgIpc) is 2.03. The Balaban J connectivity index is 3.06. The van der Waals surface area contributed by atoms with Crippen LogP contribution < -0.4 is 10.6 Å². The predicted molar refractivity (Wildman–Crippen MR) is 50.3 cm³/mol. The largest absolute Gasteiger partial charge is 0.368 e. The number of aromatic nitrogens is 2. The molecule has 0 saturated heterocycles. The topological polar surface area (TPSA) is 55.0 Å². The van der Waals surface area contributed by atoms with E-state index in [0.29, 0.717) is 5.88 Å². The molecule has 0 aliphatic heterocycles. The van der Waals surface area contributed by atoms with Crippen LogP contribution in [0.15, 0.2) is 6.07 Å². The number of anilines is 2. The number of hydrogen-bond acceptors (Lipinski definition) is 4. The van der Waals surface area contributed by atoms with Crippen molar-refractivity contribution in [3.8, 4) is 0 Å². The number of halogens is 1. The Kier molecular flexibility index (Phi) is 2.70. The highest BCUT2D eigenvalue weighted by Crippen LogP contribution is 2.11. The van der Waals surface area contributed by atoms with Gasteiger partial charge in [-0.15, -0.1) is 11.6 Å². The van der Waals surface area contributed by atoms with Gasteiger partial charge in [-0.3, -0.25) is 0 Å². The highest BCUT2D eigenvalue weighted by atomic mass is 35.5. The molecule has 0 aliphatic rings. The number of nitrogens with zero attached hydrogens (tertiary/aromatic N) is 3. The molecular formula is C7H11ClN4. The zero-order chi connectivity index (χ0) is 9.14. The molecule has 0 radical (unpaired) electrons. The van der Waals surface area contributed by atoms with Crippen LogP contribution in [0.5, 0.6) is 0 Å². The maximum atomic E-state index is 5.61. The van der Waals surface area contributed by atoms with Gasteiger partial charge in [0.15, 0.2) is 0 Å². The lowest BCUT2D eigenvalue weighted by atomic mass is 10.4. The highest BCUT2D eigenvalue weighted by molar-refractivity contribution is 6.16. The molecule has 0 amide bonds. The summed E-state index contributed by atoms with van der Waals surface area (Å²) in [6.45, 7) is 0. The van der Waals surface area contributed by atoms with Crippen molar-refractivity contribution >= 4 is 23.4 Å². The number of alkyl halides is 1. The Morgan fingerprint density at radius 3 is 2.67 bits per heavy atom. The van der Waals surface area contributed by atoms with E-state index in [4.69, 9.17) is 17.3 Å². The first-order valence-electron chi connectivity index (χ1n) is 3.50. The molecular weight excluding hydrogens is 176 g/mol. The van der Waals surface area contributed by atoms with Gasteiger partial charge in [-0.2, -0.15) is 4.98 Å². The van der Waals surface area contributed by atoms with E-state index < -0.39 is 0 Å². The van der Waals surface area contributed by atoms with Crippen LogP contribution in [0, 0.1) is 0 Å². The van der Waals surface area contributed by atoms with Gasteiger partial charge in [0, 0.05) is 20.2 Å². The van der Waals surface area contributed by atoms with Gasteiger partial charge in [-0.1, -0.05) is 0 Å². The van der Waals surface area contributed by atoms with Crippen LogP contribution in [-0.2, 0) is 5.88 Å². The number of nitrogens with two attached hydrogens (primary N) is 1. The van der Waals surface area contributed by atoms with E-state index in [9.17, 15) is 0 Å². The minimum absolute atomic E-state index is 0.261. The molecule has 0 aromatic carbocycles. The third-order valence-corrected chi connectivity index (χ3v) is 1.65. The zero-order valence-corrected chi connectivity index (χ0v) is 7.84. The molecule has 2 N–H and O–H groups in total. The maximum absolute atomic E-state index is 5.61. The van der Waals surface area contributed by atoms with E-state index in [1.807, 2.05) is 25.1 Å². The molecule has 1 heterocycles. The molecule has 0 saturated carbocycles. The minimum atomic E-state index is 0.261. The van der Waals surface area contributed by atoms with Crippen molar-refractivity contribution in [3.05, 3.63) is 11.8 Å². The molecule has 0 fully saturated rings. The molecule has 12 heavy (non-hydrogen) atoms. The van der Waals surface area contributed by atoms with Crippen LogP contribution in [0.3, 0.4) is 0 Å². The third-order valence-electron chi connectivity index (χ3n) is 1.38. The quantitative estimate of drug-likeness (QED) is 0.697. The average molecular weight is 187 g/mol. The van der Waals surface area contributed by atoms with Crippen molar-refractivity contribution in [3.63, 3.8) is 0 Å². The summed E-state index contributed by atoms with van der Waals surface area (Å²) in [5.41, 5.74) is 6.21. The second kappa shape index (κ2) is 3.58. The minimum Gasteiger partial charge on any atom is -0.368 e. The van der Waals surface area contributed by atoms with Crippen LogP contribution in [-0.4, -0.2) is 24.1 Å². The first-order valence-corrected chi connectivity index (χ1v) is 4.03. The summed E-state index contributed by atoms with van der Waals surface area (Å²) in [7, 11) is 3.78. The molecule has 0 aliphatic carbocycles. The maximum Gasteiger partial charge on any atom is 0.222 e. The van der Waals surface area contributed by atoms with Gasteiger partial charge in [-0.05, 0) is 0 Å². The molecule has 5 heteroatoms. The second-order valence-corrected chi connectivity index (χ2v) is 2.87. The molecule has 1 rings (SSSR count). The second-order valence-electron chi connectivity index (χ2n) is 2.60. The van der Waals surface area contributed by atoms with Crippen molar-refractivity contribution in [2.75, 3.05) is 24.7 Å². The molecule has 1 aromatic heterocycles. The van der Waals surface area contributed by atoms with Gasteiger partial charge in [0.1, 0.15) is 5.82 Å². The van der Waals surface area contributed by atoms with Gasteiger partial charge in [0.2, 0.25) is 5.95 Å². The van der Waals surface area contributed by atoms with Crippen molar-refractivity contribution in [2.24, 2.45) is 0 Å². The molecule has 4 nitrogen and oxygen atoms in total. The lowest BCUT2D eigenvalue weighted by Gasteiger charge is -2.11. The molecule has 0 atom stereocenters. The van der Waals surface area contributed by atoms with Gasteiger partial charge in [0.05, 0.1) is 11.6 Å². The summed E-state index contributed by atoms with van der Waals surface area (Å²) in [4.78, 5) is 9.81. The molecule has 0 bridgehead atoms. The Labute approximate surface area is 76.4 Å². The number of nitrogen functional groups attached to an aromatic ring is 1. The summed E-state index contributed by atoms with van der Waals surface area (Å²) in [6, 6.07) is 1.81. The number of hydrogen-bond donors (Lipinski definition) is 1. The Hall–Kier alpha value is -1.03. The van der Waals surface area contributed by atoms with Crippen molar-refractivity contribution in [1.29, 1.82) is 0 Å². The summed E-state index contributed by atoms with van der Waals surface area (Å²) in [5.74, 6) is 1.39. The van der Waals surface area contributed by atoms with Crippen LogP contribution in [0.2, 0.25) is 0 Å². The highest BCUT2D eigenvalue weighted by Gasteiger charge is 2.02. The monoisotopic (exact) mass is 186 g/mol. The fourth-order valence-electron chi connectivity index (χ4n) is 0.801. The Morgan fingerprint density at radius 1 is 1.50 bits per heavy atom. The third kappa shape index (κ3) is 1.98. The van der Waals surface area contributed by atoms with Crippen molar-refractivity contribution in [2.45, 2.75) is 5.88 Å². The van der Waals surface area contributed by atoms with Crippen molar-refractivity contribution in [1.82, 2.24) is 9.97 Å². The standard InChI is InChI=1S/C7H11ClN4/c1-12(2)6-3-5(4-8)10-7(9)11-6/h3H,4H2,1-2H3,(H2,9,10,11). The Morgan fingerprint density at radius 2 is 2.17 bits per heavy atom. The summed E-state index contributed by atoms with van der Waals surface area (Å²) in [6.07, 6.45) is 0. The van der Waals surface area contributed by atoms with E-state index in [-0.39, 0.29) is 5.95 Å². The first kappa shape index (κ1) is 9.06. The SMILES string of the molecule is CN(C)c1cc(CCl)nc(N)n1. The van der Waals surface area contributed by atoms with E-state index in [1.165, 1.54) is 0 Å². The van der Waals surface area contributed by atoms with Gasteiger partial charge in [-0.25, -0.2) is 4.98 Å². The van der Waals surface area contributed by atoms with Crippen LogP contribution in [0.4, 0.5) is 11.8 Å². The fourth-order valence-corrected chi connectivity index (χ4v) is 0.938.